The van der Waals surface area contributed by atoms with E-state index >= 15 is 0 Å². The third-order valence-corrected chi connectivity index (χ3v) is 1.38. The van der Waals surface area contributed by atoms with Gasteiger partial charge in [-0.3, -0.25) is 0 Å². The van der Waals surface area contributed by atoms with Crippen molar-refractivity contribution in [1.29, 1.82) is 0 Å². The quantitative estimate of drug-likeness (QED) is 0.461. The van der Waals surface area contributed by atoms with Gasteiger partial charge in [0.15, 0.2) is 0 Å². The van der Waals surface area contributed by atoms with Gasteiger partial charge < -0.3 is 4.74 Å². The maximum Gasteiger partial charge on any atom is 0.118 e. The number of ether oxygens (including phenoxy) is 1. The van der Waals surface area contributed by atoms with Gasteiger partial charge >= 0.3 is 0 Å². The van der Waals surface area contributed by atoms with Gasteiger partial charge in [0, 0.05) is 6.61 Å². The summed E-state index contributed by atoms with van der Waals surface area (Å²) >= 11 is 0. The van der Waals surface area contributed by atoms with E-state index in [1.54, 1.807) is 0 Å². The number of hydrogen-bond donors (Lipinski definition) is 0. The van der Waals surface area contributed by atoms with Crippen molar-refractivity contribution < 1.29 is 4.74 Å². The maximum absolute atomic E-state index is 5.29. The van der Waals surface area contributed by atoms with E-state index in [0.717, 1.165) is 25.0 Å². The molecule has 0 saturated carbocycles. The van der Waals surface area contributed by atoms with E-state index in [-0.39, 0.29) is 6.10 Å². The van der Waals surface area contributed by atoms with Gasteiger partial charge in [-0.05, 0) is 25.3 Å². The van der Waals surface area contributed by atoms with Crippen LogP contribution in [0.1, 0.15) is 19.8 Å². The van der Waals surface area contributed by atoms with Crippen LogP contribution in [0, 0.1) is 11.8 Å². The van der Waals surface area contributed by atoms with Gasteiger partial charge in [0.25, 0.3) is 0 Å². The molecule has 1 aliphatic rings. The molecule has 0 radical (unpaired) electrons. The summed E-state index contributed by atoms with van der Waals surface area (Å²) in [5.41, 5.74) is 0.913. The molecular weight excluding hydrogens is 124 g/mol. The average molecular weight is 136 g/mol. The predicted octanol–water partition coefficient (Wildman–Crippen LogP) is 1.74. The average Bonchev–Trinajstić information content (AvgIpc) is 2.34. The van der Waals surface area contributed by atoms with Crippen LogP contribution in [-0.2, 0) is 4.74 Å². The summed E-state index contributed by atoms with van der Waals surface area (Å²) in [6, 6.07) is 0. The van der Waals surface area contributed by atoms with Crippen molar-refractivity contribution >= 4 is 0 Å². The highest BCUT2D eigenvalue weighted by molar-refractivity contribution is 5.25. The first-order chi connectivity index (χ1) is 4.79. The third-order valence-electron chi connectivity index (χ3n) is 1.38. The van der Waals surface area contributed by atoms with Gasteiger partial charge in [-0.25, -0.2) is 0 Å². The number of rotatable bonds is 0. The highest BCUT2D eigenvalue weighted by atomic mass is 16.5. The van der Waals surface area contributed by atoms with Gasteiger partial charge in [0.1, 0.15) is 6.10 Å². The van der Waals surface area contributed by atoms with E-state index in [2.05, 4.69) is 18.4 Å². The number of hydrogen-bond acceptors (Lipinski definition) is 1. The van der Waals surface area contributed by atoms with E-state index in [1.165, 1.54) is 0 Å². The molecule has 1 saturated heterocycles. The molecule has 0 aromatic rings. The fourth-order valence-electron chi connectivity index (χ4n) is 0.895. The number of allylic oxidation sites excluding steroid dienone is 1. The molecule has 0 N–H and O–H groups in total. The monoisotopic (exact) mass is 136 g/mol. The van der Waals surface area contributed by atoms with E-state index < -0.39 is 0 Å². The fourth-order valence-corrected chi connectivity index (χ4v) is 0.895. The first kappa shape index (κ1) is 7.37. The standard InChI is InChI=1S/C9H12O/c1-8(2)5-6-9-4-3-7-10-9/h9H,1,3-4,7H2,2H3. The van der Waals surface area contributed by atoms with Crippen LogP contribution in [0.5, 0.6) is 0 Å². The van der Waals surface area contributed by atoms with Gasteiger partial charge in [-0.15, -0.1) is 0 Å². The Balaban J connectivity index is 2.38. The smallest absolute Gasteiger partial charge is 0.118 e. The van der Waals surface area contributed by atoms with E-state index in [1.807, 2.05) is 6.92 Å². The Morgan fingerprint density at radius 3 is 3.00 bits per heavy atom. The van der Waals surface area contributed by atoms with Crippen molar-refractivity contribution in [3.05, 3.63) is 12.2 Å². The highest BCUT2D eigenvalue weighted by Crippen LogP contribution is 2.10. The van der Waals surface area contributed by atoms with Crippen molar-refractivity contribution in [1.82, 2.24) is 0 Å². The van der Waals surface area contributed by atoms with Crippen LogP contribution in [0.25, 0.3) is 0 Å². The summed E-state index contributed by atoms with van der Waals surface area (Å²) in [4.78, 5) is 0. The first-order valence-electron chi connectivity index (χ1n) is 3.57. The zero-order chi connectivity index (χ0) is 7.40. The molecule has 1 fully saturated rings. The van der Waals surface area contributed by atoms with Crippen LogP contribution in [-0.4, -0.2) is 12.7 Å². The normalized spacial score (nSPS) is 23.5. The van der Waals surface area contributed by atoms with Gasteiger partial charge in [-0.2, -0.15) is 0 Å². The molecule has 0 bridgehead atoms. The maximum atomic E-state index is 5.29. The molecule has 0 spiro atoms. The molecule has 1 aliphatic heterocycles. The lowest BCUT2D eigenvalue weighted by Crippen LogP contribution is -1.99. The molecular formula is C9H12O. The molecule has 0 aromatic heterocycles. The Morgan fingerprint density at radius 1 is 1.70 bits per heavy atom. The molecule has 1 heteroatoms. The Hall–Kier alpha value is -0.740. The summed E-state index contributed by atoms with van der Waals surface area (Å²) in [5.74, 6) is 5.93. The lowest BCUT2D eigenvalue weighted by Gasteiger charge is -1.96. The second-order valence-electron chi connectivity index (χ2n) is 2.55. The summed E-state index contributed by atoms with van der Waals surface area (Å²) in [6.45, 7) is 6.46. The second kappa shape index (κ2) is 3.43. The molecule has 0 aliphatic carbocycles. The third kappa shape index (κ3) is 2.24. The highest BCUT2D eigenvalue weighted by Gasteiger charge is 2.11. The second-order valence-corrected chi connectivity index (χ2v) is 2.55. The van der Waals surface area contributed by atoms with Gasteiger partial charge in [-0.1, -0.05) is 18.4 Å². The van der Waals surface area contributed by atoms with Crippen LogP contribution in [0.3, 0.4) is 0 Å². The zero-order valence-electron chi connectivity index (χ0n) is 6.31. The van der Waals surface area contributed by atoms with Crippen molar-refractivity contribution in [2.24, 2.45) is 0 Å². The summed E-state index contributed by atoms with van der Waals surface area (Å²) in [6.07, 6.45) is 2.41. The lowest BCUT2D eigenvalue weighted by molar-refractivity contribution is 0.152. The van der Waals surface area contributed by atoms with Crippen molar-refractivity contribution in [3.63, 3.8) is 0 Å². The Morgan fingerprint density at radius 2 is 2.50 bits per heavy atom. The molecule has 1 unspecified atom stereocenters. The van der Waals surface area contributed by atoms with Crippen molar-refractivity contribution in [2.75, 3.05) is 6.61 Å². The van der Waals surface area contributed by atoms with Gasteiger partial charge in [0.05, 0.1) is 0 Å². The molecule has 54 valence electrons. The molecule has 0 amide bonds. The Bertz CT molecular complexity index is 177. The Labute approximate surface area is 62.1 Å². The predicted molar refractivity (Wildman–Crippen MR) is 41.6 cm³/mol. The van der Waals surface area contributed by atoms with Crippen LogP contribution < -0.4 is 0 Å². The molecule has 1 nitrogen and oxygen atoms in total. The van der Waals surface area contributed by atoms with E-state index in [4.69, 9.17) is 4.74 Å². The van der Waals surface area contributed by atoms with Crippen molar-refractivity contribution in [3.8, 4) is 11.8 Å². The molecule has 1 atom stereocenters. The van der Waals surface area contributed by atoms with E-state index in [0.29, 0.717) is 0 Å². The Kier molecular flexibility index (Phi) is 2.53. The van der Waals surface area contributed by atoms with Crippen molar-refractivity contribution in [2.45, 2.75) is 25.9 Å². The van der Waals surface area contributed by atoms with Crippen LogP contribution in [0.2, 0.25) is 0 Å². The molecule has 0 aromatic carbocycles. The fraction of sp³-hybridized carbons (Fsp3) is 0.556. The minimum absolute atomic E-state index is 0.177. The van der Waals surface area contributed by atoms with Gasteiger partial charge in [0.2, 0.25) is 0 Å². The summed E-state index contributed by atoms with van der Waals surface area (Å²) in [5, 5.41) is 0. The minimum atomic E-state index is 0.177. The topological polar surface area (TPSA) is 9.23 Å². The first-order valence-corrected chi connectivity index (χ1v) is 3.57. The zero-order valence-corrected chi connectivity index (χ0v) is 6.31. The lowest BCUT2D eigenvalue weighted by atomic mass is 10.2. The van der Waals surface area contributed by atoms with Crippen LogP contribution >= 0.6 is 0 Å². The summed E-state index contributed by atoms with van der Waals surface area (Å²) in [7, 11) is 0. The molecule has 10 heavy (non-hydrogen) atoms. The minimum Gasteiger partial charge on any atom is -0.366 e. The largest absolute Gasteiger partial charge is 0.366 e. The SMILES string of the molecule is C=C(C)C#CC1CCCO1. The van der Waals surface area contributed by atoms with Crippen LogP contribution in [0.4, 0.5) is 0 Å². The molecule has 1 heterocycles. The molecule has 1 rings (SSSR count). The van der Waals surface area contributed by atoms with E-state index in [9.17, 15) is 0 Å². The van der Waals surface area contributed by atoms with Crippen LogP contribution in [0.15, 0.2) is 12.2 Å². The summed E-state index contributed by atoms with van der Waals surface area (Å²) < 4.78 is 5.29.